The molecule has 0 saturated carbocycles. The Labute approximate surface area is 156 Å². The molecule has 4 nitrogen and oxygen atoms in total. The van der Waals surface area contributed by atoms with Crippen molar-refractivity contribution in [3.05, 3.63) is 32.9 Å². The number of hydrogen-bond donors (Lipinski definition) is 0. The summed E-state index contributed by atoms with van der Waals surface area (Å²) < 4.78 is 7.66. The minimum Gasteiger partial charge on any atom is -0.376 e. The Kier molecular flexibility index (Phi) is 5.02. The molecule has 0 N–H and O–H groups in total. The van der Waals surface area contributed by atoms with Gasteiger partial charge in [-0.05, 0) is 51.0 Å². The van der Waals surface area contributed by atoms with Gasteiger partial charge in [0.05, 0.1) is 18.0 Å². The molecule has 1 fully saturated rings. The Morgan fingerprint density at radius 2 is 2.24 bits per heavy atom. The van der Waals surface area contributed by atoms with Crippen molar-refractivity contribution >= 4 is 33.3 Å². The topological polar surface area (TPSA) is 44.1 Å². The van der Waals surface area contributed by atoms with Crippen LogP contribution in [0, 0.1) is 0 Å². The summed E-state index contributed by atoms with van der Waals surface area (Å²) in [5.74, 6) is 0.786. The standard InChI is InChI=1S/C19H24N2O2S2/c1-12(2)11-24-19-20-17-16(14-7-3-4-8-15(14)25-17)18(22)21(19)10-13-6-5-9-23-13/h13H,1,3-11H2,2H3. The van der Waals surface area contributed by atoms with Gasteiger partial charge >= 0.3 is 0 Å². The fraction of sp³-hybridized carbons (Fsp3) is 0.579. The van der Waals surface area contributed by atoms with Gasteiger partial charge in [0.25, 0.3) is 5.56 Å². The molecule has 2 aromatic heterocycles. The number of thioether (sulfide) groups is 1. The normalized spacial score (nSPS) is 20.1. The average molecular weight is 377 g/mol. The molecule has 1 aliphatic heterocycles. The van der Waals surface area contributed by atoms with Crippen LogP contribution in [0.15, 0.2) is 22.1 Å². The van der Waals surface area contributed by atoms with Crippen molar-refractivity contribution in [2.45, 2.75) is 63.3 Å². The minimum absolute atomic E-state index is 0.129. The molecule has 1 aliphatic carbocycles. The van der Waals surface area contributed by atoms with Gasteiger partial charge in [-0.25, -0.2) is 4.98 Å². The zero-order valence-corrected chi connectivity index (χ0v) is 16.3. The van der Waals surface area contributed by atoms with Crippen molar-refractivity contribution in [2.75, 3.05) is 12.4 Å². The molecule has 134 valence electrons. The summed E-state index contributed by atoms with van der Waals surface area (Å²) in [5, 5.41) is 1.69. The fourth-order valence-corrected chi connectivity index (χ4v) is 5.82. The van der Waals surface area contributed by atoms with Gasteiger partial charge in [-0.1, -0.05) is 23.9 Å². The maximum Gasteiger partial charge on any atom is 0.263 e. The Bertz CT molecular complexity index is 862. The highest BCUT2D eigenvalue weighted by Crippen LogP contribution is 2.35. The van der Waals surface area contributed by atoms with Crippen molar-refractivity contribution in [1.82, 2.24) is 9.55 Å². The van der Waals surface area contributed by atoms with Crippen LogP contribution in [0.1, 0.15) is 43.0 Å². The van der Waals surface area contributed by atoms with Crippen molar-refractivity contribution in [3.63, 3.8) is 0 Å². The third-order valence-corrected chi connectivity index (χ3v) is 7.29. The van der Waals surface area contributed by atoms with Crippen LogP contribution in [0.5, 0.6) is 0 Å². The van der Waals surface area contributed by atoms with Crippen molar-refractivity contribution < 1.29 is 4.74 Å². The minimum atomic E-state index is 0.129. The van der Waals surface area contributed by atoms with Crippen LogP contribution in [-0.4, -0.2) is 28.0 Å². The number of rotatable bonds is 5. The van der Waals surface area contributed by atoms with Gasteiger partial charge in [-0.3, -0.25) is 9.36 Å². The first-order valence-electron chi connectivity index (χ1n) is 9.07. The third-order valence-electron chi connectivity index (χ3n) is 4.90. The predicted octanol–water partition coefficient (Wildman–Crippen LogP) is 4.18. The highest BCUT2D eigenvalue weighted by molar-refractivity contribution is 7.99. The molecule has 0 amide bonds. The van der Waals surface area contributed by atoms with Crippen LogP contribution in [0.3, 0.4) is 0 Å². The highest BCUT2D eigenvalue weighted by atomic mass is 32.2. The largest absolute Gasteiger partial charge is 0.376 e. The molecule has 2 aliphatic rings. The van der Waals surface area contributed by atoms with Crippen molar-refractivity contribution in [3.8, 4) is 0 Å². The van der Waals surface area contributed by atoms with E-state index in [2.05, 4.69) is 6.58 Å². The van der Waals surface area contributed by atoms with Crippen molar-refractivity contribution in [1.29, 1.82) is 0 Å². The zero-order valence-electron chi connectivity index (χ0n) is 14.7. The molecule has 1 atom stereocenters. The number of fused-ring (bicyclic) bond motifs is 3. The van der Waals surface area contributed by atoms with E-state index in [1.54, 1.807) is 23.1 Å². The zero-order chi connectivity index (χ0) is 17.4. The number of ether oxygens (including phenoxy) is 1. The van der Waals surface area contributed by atoms with E-state index in [0.29, 0.717) is 6.54 Å². The molecule has 6 heteroatoms. The van der Waals surface area contributed by atoms with Gasteiger partial charge in [0.1, 0.15) is 4.83 Å². The average Bonchev–Trinajstić information content (AvgIpc) is 3.22. The van der Waals surface area contributed by atoms with E-state index in [-0.39, 0.29) is 11.7 Å². The molecule has 0 radical (unpaired) electrons. The first-order chi connectivity index (χ1) is 12.1. The maximum atomic E-state index is 13.4. The van der Waals surface area contributed by atoms with E-state index >= 15 is 0 Å². The van der Waals surface area contributed by atoms with Gasteiger partial charge in [0, 0.05) is 17.2 Å². The number of hydrogen-bond acceptors (Lipinski definition) is 5. The SMILES string of the molecule is C=C(C)CSc1nc2sc3c(c2c(=O)n1CC1CCCO1)CCCC3. The Morgan fingerprint density at radius 1 is 1.40 bits per heavy atom. The van der Waals surface area contributed by atoms with E-state index < -0.39 is 0 Å². The van der Waals surface area contributed by atoms with Gasteiger partial charge < -0.3 is 4.74 Å². The molecule has 3 heterocycles. The summed E-state index contributed by atoms with van der Waals surface area (Å²) in [6.45, 7) is 7.41. The summed E-state index contributed by atoms with van der Waals surface area (Å²) in [6, 6.07) is 0. The summed E-state index contributed by atoms with van der Waals surface area (Å²) in [6.07, 6.45) is 6.75. The molecule has 1 unspecified atom stereocenters. The first-order valence-corrected chi connectivity index (χ1v) is 10.9. The van der Waals surface area contributed by atoms with E-state index in [1.807, 2.05) is 11.5 Å². The number of nitrogens with zero attached hydrogens (tertiary/aromatic N) is 2. The monoisotopic (exact) mass is 376 g/mol. The molecule has 2 aromatic rings. The molecular formula is C19H24N2O2S2. The Balaban J connectivity index is 1.81. The van der Waals surface area contributed by atoms with Crippen LogP contribution < -0.4 is 5.56 Å². The Morgan fingerprint density at radius 3 is 3.00 bits per heavy atom. The quantitative estimate of drug-likeness (QED) is 0.446. The van der Waals surface area contributed by atoms with Gasteiger partial charge in [0.15, 0.2) is 5.16 Å². The lowest BCUT2D eigenvalue weighted by Gasteiger charge is -2.16. The fourth-order valence-electron chi connectivity index (χ4n) is 3.67. The van der Waals surface area contributed by atoms with Crippen LogP contribution in [0.4, 0.5) is 0 Å². The molecule has 1 saturated heterocycles. The summed E-state index contributed by atoms with van der Waals surface area (Å²) in [4.78, 5) is 20.5. The van der Waals surface area contributed by atoms with Crippen LogP contribution in [0.25, 0.3) is 10.2 Å². The summed E-state index contributed by atoms with van der Waals surface area (Å²) in [5.41, 5.74) is 2.49. The summed E-state index contributed by atoms with van der Waals surface area (Å²) in [7, 11) is 0. The van der Waals surface area contributed by atoms with E-state index in [1.165, 1.54) is 23.3 Å². The van der Waals surface area contributed by atoms with E-state index in [4.69, 9.17) is 9.72 Å². The highest BCUT2D eigenvalue weighted by Gasteiger charge is 2.24. The van der Waals surface area contributed by atoms with Gasteiger partial charge in [0.2, 0.25) is 0 Å². The lowest BCUT2D eigenvalue weighted by atomic mass is 9.97. The lowest BCUT2D eigenvalue weighted by molar-refractivity contribution is 0.0937. The molecule has 0 aromatic carbocycles. The molecule has 0 bridgehead atoms. The summed E-state index contributed by atoms with van der Waals surface area (Å²) >= 11 is 3.34. The lowest BCUT2D eigenvalue weighted by Crippen LogP contribution is -2.29. The maximum absolute atomic E-state index is 13.4. The van der Waals surface area contributed by atoms with Crippen LogP contribution in [-0.2, 0) is 24.1 Å². The van der Waals surface area contributed by atoms with Gasteiger partial charge in [-0.2, -0.15) is 0 Å². The van der Waals surface area contributed by atoms with E-state index in [9.17, 15) is 4.79 Å². The Hall–Kier alpha value is -1.11. The molecule has 0 spiro atoms. The second-order valence-electron chi connectivity index (χ2n) is 7.08. The van der Waals surface area contributed by atoms with Crippen molar-refractivity contribution in [2.24, 2.45) is 0 Å². The predicted molar refractivity (Wildman–Crippen MR) is 105 cm³/mol. The van der Waals surface area contributed by atoms with E-state index in [0.717, 1.165) is 59.0 Å². The molecule has 25 heavy (non-hydrogen) atoms. The van der Waals surface area contributed by atoms with Gasteiger partial charge in [-0.15, -0.1) is 11.3 Å². The third kappa shape index (κ3) is 3.44. The molecular weight excluding hydrogens is 352 g/mol. The van der Waals surface area contributed by atoms with Crippen LogP contribution >= 0.6 is 23.1 Å². The number of thiophene rings is 1. The van der Waals surface area contributed by atoms with Crippen LogP contribution in [0.2, 0.25) is 0 Å². The number of aromatic nitrogens is 2. The number of aryl methyl sites for hydroxylation is 2. The smallest absolute Gasteiger partial charge is 0.263 e. The first kappa shape index (κ1) is 17.3. The second-order valence-corrected chi connectivity index (χ2v) is 9.11. The second kappa shape index (κ2) is 7.25. The molecule has 4 rings (SSSR count).